The van der Waals surface area contributed by atoms with E-state index in [0.29, 0.717) is 5.56 Å². The van der Waals surface area contributed by atoms with E-state index in [9.17, 15) is 4.79 Å². The highest BCUT2D eigenvalue weighted by atomic mass is 16.5. The second kappa shape index (κ2) is 8.48. The van der Waals surface area contributed by atoms with Crippen molar-refractivity contribution in [1.29, 1.82) is 0 Å². The van der Waals surface area contributed by atoms with Crippen molar-refractivity contribution in [1.82, 2.24) is 14.9 Å². The molecule has 0 saturated carbocycles. The van der Waals surface area contributed by atoms with Crippen molar-refractivity contribution in [2.24, 2.45) is 0 Å². The van der Waals surface area contributed by atoms with Gasteiger partial charge in [0, 0.05) is 60.8 Å². The molecule has 0 bridgehead atoms. The van der Waals surface area contributed by atoms with Crippen LogP contribution in [0.5, 0.6) is 0 Å². The Kier molecular flexibility index (Phi) is 5.37. The van der Waals surface area contributed by atoms with Crippen LogP contribution in [-0.4, -0.2) is 61.2 Å². The molecule has 1 N–H and O–H groups in total. The van der Waals surface area contributed by atoms with E-state index < -0.39 is 0 Å². The number of ether oxygens (including phenoxy) is 1. The lowest BCUT2D eigenvalue weighted by atomic mass is 10.0. The van der Waals surface area contributed by atoms with Gasteiger partial charge in [0.25, 0.3) is 0 Å². The molecule has 4 aromatic rings. The average molecular weight is 427 g/mol. The summed E-state index contributed by atoms with van der Waals surface area (Å²) in [6.07, 6.45) is 3.87. The number of aromatic nitrogens is 2. The summed E-state index contributed by atoms with van der Waals surface area (Å²) in [5.74, 6) is -0.334. The highest BCUT2D eigenvalue weighted by Crippen LogP contribution is 2.32. The number of hydrogen-bond donors (Lipinski definition) is 1. The molecule has 3 heterocycles. The standard InChI is InChI=1S/C26H26N4O2/c1-29-11-13-30(14-12-29)22-9-7-18(8-10-22)21-15-23-24(17-28-25(23)27-16-21)19-3-5-20(6-4-19)26(31)32-2/h3-10,15-17H,11-14H2,1-2H3,(H,27,28). The number of fused-ring (bicyclic) bond motifs is 1. The van der Waals surface area contributed by atoms with E-state index >= 15 is 0 Å². The number of benzene rings is 2. The van der Waals surface area contributed by atoms with Crippen LogP contribution in [0.2, 0.25) is 0 Å². The van der Waals surface area contributed by atoms with Gasteiger partial charge < -0.3 is 19.5 Å². The number of aromatic amines is 1. The number of carbonyl (C=O) groups is 1. The summed E-state index contributed by atoms with van der Waals surface area (Å²) in [4.78, 5) is 24.4. The van der Waals surface area contributed by atoms with Crippen LogP contribution in [0.3, 0.4) is 0 Å². The lowest BCUT2D eigenvalue weighted by Crippen LogP contribution is -2.44. The molecule has 6 nitrogen and oxygen atoms in total. The molecule has 6 heteroatoms. The molecule has 162 valence electrons. The summed E-state index contributed by atoms with van der Waals surface area (Å²) in [5, 5.41) is 1.05. The number of hydrogen-bond acceptors (Lipinski definition) is 5. The van der Waals surface area contributed by atoms with Gasteiger partial charge in [0.15, 0.2) is 0 Å². The number of pyridine rings is 1. The smallest absolute Gasteiger partial charge is 0.337 e. The fourth-order valence-electron chi connectivity index (χ4n) is 4.23. The van der Waals surface area contributed by atoms with Gasteiger partial charge in [-0.25, -0.2) is 9.78 Å². The maximum atomic E-state index is 11.7. The minimum absolute atomic E-state index is 0.334. The first-order chi connectivity index (χ1) is 15.6. The number of piperazine rings is 1. The Bertz CT molecular complexity index is 1240. The Morgan fingerprint density at radius 1 is 0.938 bits per heavy atom. The maximum Gasteiger partial charge on any atom is 0.337 e. The van der Waals surface area contributed by atoms with Crippen molar-refractivity contribution in [2.75, 3.05) is 45.2 Å². The first-order valence-electron chi connectivity index (χ1n) is 10.8. The van der Waals surface area contributed by atoms with Crippen molar-refractivity contribution in [2.45, 2.75) is 0 Å². The first kappa shape index (κ1) is 20.3. The fraction of sp³-hybridized carbons (Fsp3) is 0.231. The van der Waals surface area contributed by atoms with Gasteiger partial charge in [0.1, 0.15) is 5.65 Å². The summed E-state index contributed by atoms with van der Waals surface area (Å²) >= 11 is 0. The SMILES string of the molecule is COC(=O)c1ccc(-c2c[nH]c3ncc(-c4ccc(N5CCN(C)CC5)cc4)cc23)cc1. The van der Waals surface area contributed by atoms with Crippen molar-refractivity contribution < 1.29 is 9.53 Å². The van der Waals surface area contributed by atoms with E-state index in [1.165, 1.54) is 12.8 Å². The van der Waals surface area contributed by atoms with E-state index in [1.807, 2.05) is 24.5 Å². The molecule has 0 aliphatic carbocycles. The Hall–Kier alpha value is -3.64. The first-order valence-corrected chi connectivity index (χ1v) is 10.8. The molecule has 2 aromatic heterocycles. The van der Waals surface area contributed by atoms with Crippen molar-refractivity contribution in [3.63, 3.8) is 0 Å². The number of nitrogens with zero attached hydrogens (tertiary/aromatic N) is 3. The Morgan fingerprint density at radius 3 is 2.31 bits per heavy atom. The van der Waals surface area contributed by atoms with Crippen molar-refractivity contribution >= 4 is 22.7 Å². The third-order valence-electron chi connectivity index (χ3n) is 6.22. The van der Waals surface area contributed by atoms with Crippen LogP contribution in [-0.2, 0) is 4.74 Å². The average Bonchev–Trinajstić information content (AvgIpc) is 3.27. The highest BCUT2D eigenvalue weighted by Gasteiger charge is 2.15. The zero-order chi connectivity index (χ0) is 22.1. The molecule has 0 unspecified atom stereocenters. The van der Waals surface area contributed by atoms with E-state index in [4.69, 9.17) is 4.74 Å². The molecular formula is C26H26N4O2. The minimum atomic E-state index is -0.334. The number of nitrogens with one attached hydrogen (secondary N) is 1. The predicted octanol–water partition coefficient (Wildman–Crippen LogP) is 4.44. The molecule has 0 spiro atoms. The van der Waals surface area contributed by atoms with E-state index in [1.54, 1.807) is 12.1 Å². The number of anilines is 1. The number of carbonyl (C=O) groups excluding carboxylic acids is 1. The lowest BCUT2D eigenvalue weighted by Gasteiger charge is -2.34. The third-order valence-corrected chi connectivity index (χ3v) is 6.22. The molecule has 1 aliphatic heterocycles. The van der Waals surface area contributed by atoms with Crippen LogP contribution >= 0.6 is 0 Å². The molecule has 0 atom stereocenters. The van der Waals surface area contributed by atoms with E-state index in [-0.39, 0.29) is 5.97 Å². The number of likely N-dealkylation sites (N-methyl/N-ethyl adjacent to an activating group) is 1. The zero-order valence-corrected chi connectivity index (χ0v) is 18.3. The lowest BCUT2D eigenvalue weighted by molar-refractivity contribution is 0.0601. The maximum absolute atomic E-state index is 11.7. The van der Waals surface area contributed by atoms with Gasteiger partial charge >= 0.3 is 5.97 Å². The predicted molar refractivity (Wildman–Crippen MR) is 128 cm³/mol. The van der Waals surface area contributed by atoms with Crippen molar-refractivity contribution in [3.05, 3.63) is 72.6 Å². The quantitative estimate of drug-likeness (QED) is 0.489. The molecule has 0 radical (unpaired) electrons. The Balaban J connectivity index is 1.43. The largest absolute Gasteiger partial charge is 0.465 e. The summed E-state index contributed by atoms with van der Waals surface area (Å²) in [7, 11) is 3.56. The van der Waals surface area contributed by atoms with Gasteiger partial charge in [-0.1, -0.05) is 24.3 Å². The number of esters is 1. The number of rotatable bonds is 4. The topological polar surface area (TPSA) is 61.5 Å². The number of H-pyrrole nitrogens is 1. The van der Waals surface area contributed by atoms with E-state index in [0.717, 1.165) is 59.5 Å². The van der Waals surface area contributed by atoms with Crippen LogP contribution in [0.25, 0.3) is 33.3 Å². The second-order valence-electron chi connectivity index (χ2n) is 8.23. The molecule has 1 saturated heterocycles. The van der Waals surface area contributed by atoms with Crippen LogP contribution in [0.15, 0.2) is 67.0 Å². The summed E-state index contributed by atoms with van der Waals surface area (Å²) in [6, 6.07) is 18.4. The molecule has 1 fully saturated rings. The molecule has 5 rings (SSSR count). The van der Waals surface area contributed by atoms with Gasteiger partial charge in [0.05, 0.1) is 12.7 Å². The second-order valence-corrected chi connectivity index (χ2v) is 8.23. The van der Waals surface area contributed by atoms with Gasteiger partial charge in [-0.15, -0.1) is 0 Å². The van der Waals surface area contributed by atoms with Crippen LogP contribution in [0.4, 0.5) is 5.69 Å². The monoisotopic (exact) mass is 426 g/mol. The molecule has 32 heavy (non-hydrogen) atoms. The van der Waals surface area contributed by atoms with Gasteiger partial charge in [-0.3, -0.25) is 0 Å². The molecule has 0 amide bonds. The van der Waals surface area contributed by atoms with Crippen LogP contribution < -0.4 is 4.90 Å². The third kappa shape index (κ3) is 3.85. The summed E-state index contributed by atoms with van der Waals surface area (Å²) in [6.45, 7) is 4.31. The van der Waals surface area contributed by atoms with Gasteiger partial charge in [-0.05, 0) is 48.5 Å². The van der Waals surface area contributed by atoms with Crippen LogP contribution in [0.1, 0.15) is 10.4 Å². The molecule has 1 aliphatic rings. The number of methoxy groups -OCH3 is 1. The summed E-state index contributed by atoms with van der Waals surface area (Å²) < 4.78 is 4.79. The Morgan fingerprint density at radius 2 is 1.62 bits per heavy atom. The minimum Gasteiger partial charge on any atom is -0.465 e. The van der Waals surface area contributed by atoms with Crippen LogP contribution in [0, 0.1) is 0 Å². The van der Waals surface area contributed by atoms with E-state index in [2.05, 4.69) is 57.1 Å². The Labute approximate surface area is 187 Å². The molecule has 2 aromatic carbocycles. The summed E-state index contributed by atoms with van der Waals surface area (Å²) in [5.41, 5.74) is 6.95. The fourth-order valence-corrected chi connectivity index (χ4v) is 4.23. The normalized spacial score (nSPS) is 14.6. The van der Waals surface area contributed by atoms with Gasteiger partial charge in [0.2, 0.25) is 0 Å². The zero-order valence-electron chi connectivity index (χ0n) is 18.3. The van der Waals surface area contributed by atoms with Crippen molar-refractivity contribution in [3.8, 4) is 22.3 Å². The highest BCUT2D eigenvalue weighted by molar-refractivity contribution is 5.97. The van der Waals surface area contributed by atoms with Gasteiger partial charge in [-0.2, -0.15) is 0 Å². The molecular weight excluding hydrogens is 400 g/mol.